The molecule has 2 aromatic heterocycles. The molecule has 9 heteroatoms. The number of fused-ring (bicyclic) bond motifs is 3. The number of likely N-dealkylation sites (N-methyl/N-ethyl adjacent to an activating group) is 1. The maximum Gasteiger partial charge on any atom is 0.294 e. The monoisotopic (exact) mass is 367 g/mol. The lowest BCUT2D eigenvalue weighted by Crippen LogP contribution is -2.45. The Kier molecular flexibility index (Phi) is 4.33. The lowest BCUT2D eigenvalue weighted by atomic mass is 10.1. The van der Waals surface area contributed by atoms with Crippen molar-refractivity contribution in [3.63, 3.8) is 0 Å². The van der Waals surface area contributed by atoms with Crippen LogP contribution in [0.15, 0.2) is 16.7 Å². The summed E-state index contributed by atoms with van der Waals surface area (Å²) in [6.45, 7) is 2.49. The van der Waals surface area contributed by atoms with E-state index in [1.807, 2.05) is 0 Å². The summed E-state index contributed by atoms with van der Waals surface area (Å²) in [5.41, 5.74) is -0.0838. The summed E-state index contributed by atoms with van der Waals surface area (Å²) in [5, 5.41) is 0. The van der Waals surface area contributed by atoms with Gasteiger partial charge in [0.15, 0.2) is 16.8 Å². The maximum atomic E-state index is 13.5. The molecule has 0 aromatic carbocycles. The lowest BCUT2D eigenvalue weighted by Gasteiger charge is -2.26. The smallest absolute Gasteiger partial charge is 0.294 e. The van der Waals surface area contributed by atoms with Crippen molar-refractivity contribution in [1.82, 2.24) is 14.8 Å². The Bertz CT molecular complexity index is 873. The Hall–Kier alpha value is -2.71. The Labute approximate surface area is 148 Å². The molecule has 1 aliphatic rings. The summed E-state index contributed by atoms with van der Waals surface area (Å²) in [6, 6.07) is 0.773. The highest BCUT2D eigenvalue weighted by molar-refractivity contribution is 6.02. The zero-order valence-electron chi connectivity index (χ0n) is 14.9. The van der Waals surface area contributed by atoms with Crippen LogP contribution in [0.25, 0.3) is 11.1 Å². The van der Waals surface area contributed by atoms with Crippen LogP contribution in [0, 0.1) is 0 Å². The Morgan fingerprint density at radius 2 is 2.15 bits per heavy atom. The first kappa shape index (κ1) is 18.1. The van der Waals surface area contributed by atoms with E-state index in [1.165, 1.54) is 9.80 Å². The molecule has 3 heterocycles. The van der Waals surface area contributed by atoms with E-state index >= 15 is 0 Å². The van der Waals surface area contributed by atoms with Crippen molar-refractivity contribution < 1.29 is 27.5 Å². The molecule has 0 N–H and O–H groups in total. The van der Waals surface area contributed by atoms with Crippen molar-refractivity contribution in [2.24, 2.45) is 0 Å². The average Bonchev–Trinajstić information content (AvgIpc) is 2.88. The number of carbonyl (C=O) groups is 2. The molecule has 0 fully saturated rings. The minimum Gasteiger partial charge on any atom is -0.485 e. The molecule has 140 valence electrons. The quantitative estimate of drug-likeness (QED) is 0.832. The minimum absolute atomic E-state index is 0.0378. The number of hydrogen-bond donors (Lipinski definition) is 0. The van der Waals surface area contributed by atoms with E-state index < -0.39 is 11.8 Å². The normalized spacial score (nSPS) is 17.7. The zero-order valence-corrected chi connectivity index (χ0v) is 14.9. The number of hydrogen-bond acceptors (Lipinski definition) is 5. The van der Waals surface area contributed by atoms with Gasteiger partial charge >= 0.3 is 0 Å². The van der Waals surface area contributed by atoms with Gasteiger partial charge in [0, 0.05) is 32.8 Å². The van der Waals surface area contributed by atoms with Crippen LogP contribution < -0.4 is 4.74 Å². The summed E-state index contributed by atoms with van der Waals surface area (Å²) >= 11 is 0. The Morgan fingerprint density at radius 1 is 1.46 bits per heavy atom. The number of aromatic nitrogens is 1. The van der Waals surface area contributed by atoms with Crippen molar-refractivity contribution in [2.45, 2.75) is 25.8 Å². The van der Waals surface area contributed by atoms with Crippen LogP contribution in [-0.2, 0) is 10.7 Å². The van der Waals surface area contributed by atoms with Crippen LogP contribution in [0.4, 0.5) is 8.78 Å². The van der Waals surface area contributed by atoms with Gasteiger partial charge in [-0.05, 0) is 13.0 Å². The van der Waals surface area contributed by atoms with Gasteiger partial charge in [0.25, 0.3) is 11.8 Å². The van der Waals surface area contributed by atoms with Crippen LogP contribution in [0.1, 0.15) is 30.0 Å². The lowest BCUT2D eigenvalue weighted by molar-refractivity contribution is -0.129. The van der Waals surface area contributed by atoms with Crippen molar-refractivity contribution >= 4 is 22.9 Å². The summed E-state index contributed by atoms with van der Waals surface area (Å²) in [7, 11) is 3.18. The number of furan rings is 1. The third kappa shape index (κ3) is 3.09. The SMILES string of the molecule is CC1COc2c(oc3cc(C(C)(F)F)cnc23)C(=O)N1CC(=O)N(C)C. The second-order valence-electron chi connectivity index (χ2n) is 6.60. The van der Waals surface area contributed by atoms with E-state index in [4.69, 9.17) is 9.15 Å². The molecule has 1 unspecified atom stereocenters. The van der Waals surface area contributed by atoms with Gasteiger partial charge in [-0.3, -0.25) is 9.59 Å². The van der Waals surface area contributed by atoms with E-state index in [9.17, 15) is 18.4 Å². The van der Waals surface area contributed by atoms with E-state index in [1.54, 1.807) is 21.0 Å². The Balaban J connectivity index is 2.04. The fourth-order valence-corrected chi connectivity index (χ4v) is 2.61. The minimum atomic E-state index is -3.09. The second-order valence-corrected chi connectivity index (χ2v) is 6.60. The molecule has 0 radical (unpaired) electrons. The summed E-state index contributed by atoms with van der Waals surface area (Å²) in [6.07, 6.45) is 1.04. The molecule has 2 amide bonds. The molecule has 0 saturated heterocycles. The topological polar surface area (TPSA) is 75.9 Å². The molecule has 26 heavy (non-hydrogen) atoms. The van der Waals surface area contributed by atoms with Crippen molar-refractivity contribution in [1.29, 1.82) is 0 Å². The van der Waals surface area contributed by atoms with Crippen LogP contribution in [0.3, 0.4) is 0 Å². The molecular formula is C17H19F2N3O4. The molecule has 1 atom stereocenters. The number of halogens is 2. The predicted octanol–water partition coefficient (Wildman–Crippen LogP) is 2.25. The van der Waals surface area contributed by atoms with Crippen molar-refractivity contribution in [3.05, 3.63) is 23.6 Å². The molecule has 7 nitrogen and oxygen atoms in total. The predicted molar refractivity (Wildman–Crippen MR) is 88.3 cm³/mol. The van der Waals surface area contributed by atoms with Crippen molar-refractivity contribution in [2.75, 3.05) is 27.2 Å². The molecular weight excluding hydrogens is 348 g/mol. The number of pyridine rings is 1. The zero-order chi connectivity index (χ0) is 19.2. The molecule has 0 bridgehead atoms. The van der Waals surface area contributed by atoms with Gasteiger partial charge in [-0.2, -0.15) is 0 Å². The second kappa shape index (κ2) is 6.22. The highest BCUT2D eigenvalue weighted by Crippen LogP contribution is 2.37. The number of nitrogens with zero attached hydrogens (tertiary/aromatic N) is 3. The van der Waals surface area contributed by atoms with Gasteiger partial charge in [0.05, 0.1) is 6.04 Å². The standard InChI is InChI=1S/C17H19F2N3O4/c1-9-8-25-14-13-11(5-10(6-20-13)17(2,18)19)26-15(14)16(24)22(9)7-12(23)21(3)4/h5-6,9H,7-8H2,1-4H3. The third-order valence-electron chi connectivity index (χ3n) is 4.25. The number of alkyl halides is 2. The Morgan fingerprint density at radius 3 is 2.77 bits per heavy atom. The fraction of sp³-hybridized carbons (Fsp3) is 0.471. The third-order valence-corrected chi connectivity index (χ3v) is 4.25. The molecule has 2 aromatic rings. The maximum absolute atomic E-state index is 13.5. The molecule has 0 spiro atoms. The largest absolute Gasteiger partial charge is 0.485 e. The van der Waals surface area contributed by atoms with E-state index in [-0.39, 0.29) is 53.3 Å². The number of amides is 2. The summed E-state index contributed by atoms with van der Waals surface area (Å²) in [4.78, 5) is 31.6. The van der Waals surface area contributed by atoms with Gasteiger partial charge in [-0.25, -0.2) is 13.8 Å². The number of carbonyl (C=O) groups excluding carboxylic acids is 2. The van der Waals surface area contributed by atoms with Crippen LogP contribution in [0.2, 0.25) is 0 Å². The van der Waals surface area contributed by atoms with Gasteiger partial charge in [-0.15, -0.1) is 0 Å². The fourth-order valence-electron chi connectivity index (χ4n) is 2.61. The molecule has 0 saturated carbocycles. The first-order chi connectivity index (χ1) is 12.1. The molecule has 0 aliphatic carbocycles. The summed E-state index contributed by atoms with van der Waals surface area (Å²) in [5.74, 6) is -3.91. The van der Waals surface area contributed by atoms with E-state index in [0.717, 1.165) is 19.2 Å². The number of rotatable bonds is 3. The highest BCUT2D eigenvalue weighted by atomic mass is 19.3. The van der Waals surface area contributed by atoms with Gasteiger partial charge in [0.2, 0.25) is 11.7 Å². The summed E-state index contributed by atoms with van der Waals surface area (Å²) < 4.78 is 38.2. The van der Waals surface area contributed by atoms with Crippen LogP contribution >= 0.6 is 0 Å². The highest BCUT2D eigenvalue weighted by Gasteiger charge is 2.36. The van der Waals surface area contributed by atoms with Gasteiger partial charge in [0.1, 0.15) is 13.2 Å². The first-order valence-corrected chi connectivity index (χ1v) is 8.04. The van der Waals surface area contributed by atoms with Gasteiger partial charge in [-0.1, -0.05) is 0 Å². The van der Waals surface area contributed by atoms with Crippen molar-refractivity contribution in [3.8, 4) is 5.75 Å². The molecule has 3 rings (SSSR count). The average molecular weight is 367 g/mol. The van der Waals surface area contributed by atoms with Crippen LogP contribution in [-0.4, -0.2) is 59.9 Å². The van der Waals surface area contributed by atoms with Crippen LogP contribution in [0.5, 0.6) is 5.75 Å². The van der Waals surface area contributed by atoms with E-state index in [0.29, 0.717) is 0 Å². The molecule has 1 aliphatic heterocycles. The van der Waals surface area contributed by atoms with Gasteiger partial charge < -0.3 is 19.0 Å². The van der Waals surface area contributed by atoms with E-state index in [2.05, 4.69) is 4.98 Å². The number of ether oxygens (including phenoxy) is 1. The first-order valence-electron chi connectivity index (χ1n) is 8.04.